The highest BCUT2D eigenvalue weighted by Gasteiger charge is 2.79. The van der Waals surface area contributed by atoms with Crippen LogP contribution in [0.2, 0.25) is 0 Å². The molecule has 4 saturated heterocycles. The standard InChI is InChI=1S/C30H25N3O4S3.14CH4/c1-28-26(34)32-25-29(18-30(32,39-38-28)27(35)31(28)2,22-17-16-19-10-6-7-13-21(19)22)23-14-8-9-15-24(23)33(25)40(36,37)20-11-4-3-5-12-20;;;;;;;;;;;;;;/h3-15,17,25H,16,18H2,1-2H3;14*1H4/t25-,28-,29-,30-;;;;;;;;;;;;;;/m0............../s1. The number of benzene rings is 3. The third kappa shape index (κ3) is 7.39. The Balaban J connectivity index is -0.000000316. The van der Waals surface area contributed by atoms with Gasteiger partial charge in [-0.1, -0.05) is 192 Å². The molecule has 0 saturated carbocycles. The third-order valence-electron chi connectivity index (χ3n) is 9.29. The van der Waals surface area contributed by atoms with Crippen LogP contribution in [0.15, 0.2) is 89.8 Å². The van der Waals surface area contributed by atoms with Crippen molar-refractivity contribution < 1.29 is 18.0 Å². The molecule has 7 nitrogen and oxygen atoms in total. The van der Waals surface area contributed by atoms with Crippen molar-refractivity contribution in [3.8, 4) is 0 Å². The maximum absolute atomic E-state index is 14.6. The summed E-state index contributed by atoms with van der Waals surface area (Å²) in [5.41, 5.74) is 3.62. The summed E-state index contributed by atoms with van der Waals surface area (Å²) in [6.07, 6.45) is 2.23. The van der Waals surface area contributed by atoms with E-state index in [9.17, 15) is 18.0 Å². The molecule has 3 aromatic carbocycles. The maximum Gasteiger partial charge on any atom is 0.266 e. The fourth-order valence-electron chi connectivity index (χ4n) is 7.36. The molecule has 6 aliphatic rings. The molecule has 4 atom stereocenters. The Morgan fingerprint density at radius 1 is 0.667 bits per heavy atom. The van der Waals surface area contributed by atoms with Gasteiger partial charge in [0.1, 0.15) is 6.17 Å². The van der Waals surface area contributed by atoms with E-state index in [1.54, 1.807) is 54.1 Å². The monoisotopic (exact) mass is 812 g/mol. The van der Waals surface area contributed by atoms with E-state index in [-0.39, 0.29) is 127 Å². The second-order valence-corrected chi connectivity index (χ2v) is 15.7. The van der Waals surface area contributed by atoms with E-state index in [4.69, 9.17) is 0 Å². The van der Waals surface area contributed by atoms with Gasteiger partial charge in [0.15, 0.2) is 9.74 Å². The van der Waals surface area contributed by atoms with E-state index >= 15 is 0 Å². The summed E-state index contributed by atoms with van der Waals surface area (Å²) in [5, 5.41) is 0. The lowest BCUT2D eigenvalue weighted by Gasteiger charge is -2.58. The summed E-state index contributed by atoms with van der Waals surface area (Å²) in [6, 6.07) is 24.1. The van der Waals surface area contributed by atoms with Crippen molar-refractivity contribution in [2.24, 2.45) is 0 Å². The summed E-state index contributed by atoms with van der Waals surface area (Å²) < 4.78 is 30.7. The van der Waals surface area contributed by atoms with Crippen LogP contribution in [0.5, 0.6) is 0 Å². The number of carbonyl (C=O) groups is 2. The van der Waals surface area contributed by atoms with E-state index in [0.717, 1.165) is 22.3 Å². The quantitative estimate of drug-likeness (QED) is 0.245. The van der Waals surface area contributed by atoms with Crippen LogP contribution in [-0.2, 0) is 31.4 Å². The summed E-state index contributed by atoms with van der Waals surface area (Å²) in [5.74, 6) is -0.397. The fraction of sp³-hybridized carbons (Fsp3) is 0.500. The Labute approximate surface area is 343 Å². The molecule has 10 heteroatoms. The number of fused-ring (bicyclic) bond motifs is 6. The van der Waals surface area contributed by atoms with Gasteiger partial charge in [0, 0.05) is 13.5 Å². The minimum Gasteiger partial charge on any atom is -0.319 e. The lowest BCUT2D eigenvalue weighted by atomic mass is 9.70. The molecular weight excluding hydrogens is 731 g/mol. The highest BCUT2D eigenvalue weighted by Crippen LogP contribution is 2.72. The van der Waals surface area contributed by atoms with Gasteiger partial charge in [-0.25, -0.2) is 12.7 Å². The van der Waals surface area contributed by atoms with Gasteiger partial charge < -0.3 is 4.90 Å². The van der Waals surface area contributed by atoms with E-state index in [0.29, 0.717) is 12.1 Å². The predicted octanol–water partition coefficient (Wildman–Crippen LogP) is 13.5. The van der Waals surface area contributed by atoms with Gasteiger partial charge in [0.05, 0.1) is 16.0 Å². The molecule has 0 unspecified atom stereocenters. The number of likely N-dealkylation sites (N-methyl/N-ethyl adjacent to an activating group) is 1. The van der Waals surface area contributed by atoms with Crippen LogP contribution in [0.3, 0.4) is 0 Å². The molecule has 9 rings (SSSR count). The van der Waals surface area contributed by atoms with Crippen molar-refractivity contribution in [3.05, 3.63) is 102 Å². The number of piperazine rings is 1. The number of nitrogens with zero attached hydrogens (tertiary/aromatic N) is 3. The van der Waals surface area contributed by atoms with Crippen LogP contribution in [0, 0.1) is 0 Å². The molecule has 1 spiro atoms. The first-order valence-electron chi connectivity index (χ1n) is 13.1. The van der Waals surface area contributed by atoms with Crippen LogP contribution in [-0.4, -0.2) is 53.0 Å². The predicted molar refractivity (Wildman–Crippen MR) is 251 cm³/mol. The number of carbonyl (C=O) groups excluding carboxylic acids is 2. The number of rotatable bonds is 3. The van der Waals surface area contributed by atoms with Gasteiger partial charge in [-0.2, -0.15) is 0 Å². The number of anilines is 1. The molecule has 0 aromatic heterocycles. The molecule has 1 aliphatic carbocycles. The van der Waals surface area contributed by atoms with Crippen LogP contribution >= 0.6 is 21.6 Å². The number of para-hydroxylation sites is 1. The Hall–Kier alpha value is -3.21. The van der Waals surface area contributed by atoms with Crippen molar-refractivity contribution in [2.45, 2.75) is 150 Å². The summed E-state index contributed by atoms with van der Waals surface area (Å²) in [4.78, 5) is 29.7. The first kappa shape index (κ1) is 65.7. The Bertz CT molecular complexity index is 1800. The second kappa shape index (κ2) is 21.2. The molecule has 2 amide bonds. The number of amides is 2. The zero-order valence-electron chi connectivity index (χ0n) is 21.8. The van der Waals surface area contributed by atoms with Crippen molar-refractivity contribution >= 4 is 54.7 Å². The maximum atomic E-state index is 14.6. The molecule has 5 heterocycles. The minimum atomic E-state index is -4.13. The van der Waals surface area contributed by atoms with Gasteiger partial charge in [-0.3, -0.25) is 14.5 Å². The molecule has 0 radical (unpaired) electrons. The van der Waals surface area contributed by atoms with Gasteiger partial charge in [0.2, 0.25) is 0 Å². The van der Waals surface area contributed by atoms with Gasteiger partial charge >= 0.3 is 0 Å². The first-order chi connectivity index (χ1) is 19.2. The van der Waals surface area contributed by atoms with E-state index in [1.807, 2.05) is 36.4 Å². The van der Waals surface area contributed by atoms with Gasteiger partial charge in [0.25, 0.3) is 21.8 Å². The smallest absolute Gasteiger partial charge is 0.266 e. The van der Waals surface area contributed by atoms with Gasteiger partial charge in [-0.15, -0.1) is 0 Å². The SMILES string of the molecule is C.C.C.C.C.C.C.C.C.C.C.C.C.C.CN1C(=O)[C@@]23C[C@]4(C5=CCc6ccccc65)c5ccccc5N(S(=O)(=O)c5ccccc5)[C@@H]4N2C(=O)[C@]1(C)SS3. The van der Waals surface area contributed by atoms with Crippen molar-refractivity contribution in [3.63, 3.8) is 0 Å². The van der Waals surface area contributed by atoms with Crippen LogP contribution in [0.1, 0.15) is 134 Å². The topological polar surface area (TPSA) is 78.0 Å². The van der Waals surface area contributed by atoms with Crippen molar-refractivity contribution in [2.75, 3.05) is 11.4 Å². The molecule has 314 valence electrons. The number of hydrogen-bond donors (Lipinski definition) is 0. The summed E-state index contributed by atoms with van der Waals surface area (Å²) in [6.45, 7) is 1.76. The first-order valence-corrected chi connectivity index (χ1v) is 16.7. The number of hydrogen-bond acceptors (Lipinski definition) is 6. The molecule has 4 fully saturated rings. The largest absolute Gasteiger partial charge is 0.319 e. The van der Waals surface area contributed by atoms with Crippen LogP contribution in [0.4, 0.5) is 5.69 Å². The Kier molecular flexibility index (Phi) is 25.8. The zero-order valence-corrected chi connectivity index (χ0v) is 24.2. The van der Waals surface area contributed by atoms with Crippen molar-refractivity contribution in [1.29, 1.82) is 0 Å². The minimum absolute atomic E-state index is 0. The fourth-order valence-corrected chi connectivity index (χ4v) is 12.5. The molecule has 54 heavy (non-hydrogen) atoms. The summed E-state index contributed by atoms with van der Waals surface area (Å²) >= 11 is 0. The molecule has 3 aromatic rings. The molecule has 0 N–H and O–H groups in total. The number of sulfonamides is 1. The lowest BCUT2D eigenvalue weighted by Crippen LogP contribution is -2.76. The average molecular weight is 812 g/mol. The zero-order chi connectivity index (χ0) is 27.7. The summed E-state index contributed by atoms with van der Waals surface area (Å²) in [7, 11) is 0.362. The van der Waals surface area contributed by atoms with Crippen LogP contribution in [0.25, 0.3) is 5.57 Å². The molecular formula is C44H81N3O4S3. The highest BCUT2D eigenvalue weighted by atomic mass is 33.1. The normalized spacial score (nSPS) is 23.5. The van der Waals surface area contributed by atoms with Crippen molar-refractivity contribution in [1.82, 2.24) is 9.80 Å². The van der Waals surface area contributed by atoms with E-state index in [1.165, 1.54) is 25.9 Å². The molecule has 5 aliphatic heterocycles. The van der Waals surface area contributed by atoms with Gasteiger partial charge in [-0.05, 0) is 53.8 Å². The Morgan fingerprint density at radius 2 is 1.19 bits per heavy atom. The Morgan fingerprint density at radius 3 is 1.78 bits per heavy atom. The molecule has 2 bridgehead atoms. The average Bonchev–Trinajstić information content (AvgIpc) is 3.61. The van der Waals surface area contributed by atoms with E-state index < -0.39 is 31.3 Å². The highest BCUT2D eigenvalue weighted by molar-refractivity contribution is 8.78. The van der Waals surface area contributed by atoms with E-state index in [2.05, 4.69) is 18.2 Å². The second-order valence-electron chi connectivity index (χ2n) is 11.1. The number of allylic oxidation sites excluding steroid dienone is 1. The third-order valence-corrected chi connectivity index (χ3v) is 14.8. The lowest BCUT2D eigenvalue weighted by molar-refractivity contribution is -0.163. The van der Waals surface area contributed by atoms with Crippen LogP contribution < -0.4 is 4.31 Å².